The molecular formula is C20H21FN6. The van der Waals surface area contributed by atoms with E-state index in [1.807, 2.05) is 31.2 Å². The number of nitrogens with one attached hydrogen (secondary N) is 2. The third kappa shape index (κ3) is 4.31. The largest absolute Gasteiger partial charge is 0.341 e. The van der Waals surface area contributed by atoms with Crippen LogP contribution in [-0.4, -0.2) is 28.0 Å². The van der Waals surface area contributed by atoms with E-state index in [9.17, 15) is 4.39 Å². The summed E-state index contributed by atoms with van der Waals surface area (Å²) in [6, 6.07) is 14.1. The van der Waals surface area contributed by atoms with Crippen molar-refractivity contribution in [1.82, 2.24) is 15.0 Å². The van der Waals surface area contributed by atoms with E-state index >= 15 is 0 Å². The highest BCUT2D eigenvalue weighted by molar-refractivity contribution is 5.59. The molecule has 138 valence electrons. The number of hydrogen-bond acceptors (Lipinski definition) is 6. The molecule has 1 saturated heterocycles. The van der Waals surface area contributed by atoms with Gasteiger partial charge in [-0.1, -0.05) is 17.7 Å². The van der Waals surface area contributed by atoms with Gasteiger partial charge in [0.25, 0.3) is 0 Å². The first-order chi connectivity index (χ1) is 13.2. The molecule has 0 atom stereocenters. The molecule has 0 amide bonds. The molecule has 27 heavy (non-hydrogen) atoms. The summed E-state index contributed by atoms with van der Waals surface area (Å²) in [7, 11) is 0. The molecule has 0 spiro atoms. The summed E-state index contributed by atoms with van der Waals surface area (Å²) in [5.74, 6) is 1.26. The highest BCUT2D eigenvalue weighted by Gasteiger charge is 2.17. The molecule has 0 bridgehead atoms. The number of nitrogens with zero attached hydrogens (tertiary/aromatic N) is 4. The molecule has 4 rings (SSSR count). The van der Waals surface area contributed by atoms with E-state index in [1.165, 1.54) is 17.7 Å². The minimum absolute atomic E-state index is 0.282. The first-order valence-electron chi connectivity index (χ1n) is 9.03. The van der Waals surface area contributed by atoms with Gasteiger partial charge in [-0.25, -0.2) is 4.39 Å². The van der Waals surface area contributed by atoms with Gasteiger partial charge in [0.1, 0.15) is 5.82 Å². The lowest BCUT2D eigenvalue weighted by atomic mass is 10.2. The number of hydrogen-bond donors (Lipinski definition) is 2. The van der Waals surface area contributed by atoms with Crippen LogP contribution in [0.5, 0.6) is 0 Å². The molecule has 2 heterocycles. The van der Waals surface area contributed by atoms with Crippen LogP contribution < -0.4 is 15.5 Å². The summed E-state index contributed by atoms with van der Waals surface area (Å²) in [5.41, 5.74) is 2.82. The maximum Gasteiger partial charge on any atom is 0.233 e. The zero-order valence-corrected chi connectivity index (χ0v) is 15.1. The van der Waals surface area contributed by atoms with Crippen LogP contribution >= 0.6 is 0 Å². The van der Waals surface area contributed by atoms with Crippen molar-refractivity contribution in [2.24, 2.45) is 0 Å². The van der Waals surface area contributed by atoms with Crippen LogP contribution in [0, 0.1) is 12.7 Å². The molecule has 0 radical (unpaired) electrons. The molecule has 0 saturated carbocycles. The second kappa shape index (κ2) is 7.57. The molecule has 1 aromatic heterocycles. The Morgan fingerprint density at radius 1 is 0.778 bits per heavy atom. The topological polar surface area (TPSA) is 66.0 Å². The number of rotatable bonds is 5. The first-order valence-corrected chi connectivity index (χ1v) is 9.03. The fourth-order valence-corrected chi connectivity index (χ4v) is 2.96. The smallest absolute Gasteiger partial charge is 0.233 e. The van der Waals surface area contributed by atoms with Crippen molar-refractivity contribution in [3.05, 3.63) is 59.9 Å². The van der Waals surface area contributed by atoms with E-state index in [2.05, 4.69) is 30.5 Å². The Kier molecular flexibility index (Phi) is 4.82. The van der Waals surface area contributed by atoms with Crippen molar-refractivity contribution < 1.29 is 4.39 Å². The average Bonchev–Trinajstić information content (AvgIpc) is 3.20. The highest BCUT2D eigenvalue weighted by atomic mass is 19.1. The predicted octanol–water partition coefficient (Wildman–Crippen LogP) is 4.41. The molecule has 6 nitrogen and oxygen atoms in total. The summed E-state index contributed by atoms with van der Waals surface area (Å²) in [4.78, 5) is 15.8. The maximum atomic E-state index is 13.1. The van der Waals surface area contributed by atoms with Crippen LogP contribution in [0.15, 0.2) is 48.5 Å². The van der Waals surface area contributed by atoms with Gasteiger partial charge in [-0.3, -0.25) is 0 Å². The van der Waals surface area contributed by atoms with Gasteiger partial charge >= 0.3 is 0 Å². The van der Waals surface area contributed by atoms with Gasteiger partial charge in [0.05, 0.1) is 0 Å². The maximum absolute atomic E-state index is 13.1. The molecule has 1 fully saturated rings. The monoisotopic (exact) mass is 364 g/mol. The zero-order valence-electron chi connectivity index (χ0n) is 15.1. The Bertz CT molecular complexity index is 839. The second-order valence-corrected chi connectivity index (χ2v) is 6.60. The lowest BCUT2D eigenvalue weighted by molar-refractivity contribution is 0.628. The van der Waals surface area contributed by atoms with Crippen molar-refractivity contribution in [1.29, 1.82) is 0 Å². The summed E-state index contributed by atoms with van der Waals surface area (Å²) < 4.78 is 13.1. The van der Waals surface area contributed by atoms with Crippen molar-refractivity contribution in [3.8, 4) is 0 Å². The Morgan fingerprint density at radius 3 is 1.85 bits per heavy atom. The Hall–Kier alpha value is -3.22. The normalized spacial score (nSPS) is 13.6. The molecule has 3 aromatic rings. The third-order valence-electron chi connectivity index (χ3n) is 4.42. The van der Waals surface area contributed by atoms with Gasteiger partial charge in [0, 0.05) is 24.5 Å². The van der Waals surface area contributed by atoms with Crippen molar-refractivity contribution >= 4 is 29.2 Å². The third-order valence-corrected chi connectivity index (χ3v) is 4.42. The molecule has 0 unspecified atom stereocenters. The minimum Gasteiger partial charge on any atom is -0.341 e. The molecule has 1 aliphatic rings. The summed E-state index contributed by atoms with van der Waals surface area (Å²) in [6.07, 6.45) is 2.26. The minimum atomic E-state index is -0.282. The van der Waals surface area contributed by atoms with E-state index in [1.54, 1.807) is 12.1 Å². The van der Waals surface area contributed by atoms with Crippen LogP contribution in [0.25, 0.3) is 0 Å². The molecule has 0 aliphatic carbocycles. The van der Waals surface area contributed by atoms with Crippen molar-refractivity contribution in [3.63, 3.8) is 0 Å². The number of aromatic nitrogens is 3. The summed E-state index contributed by atoms with van der Waals surface area (Å²) in [6.45, 7) is 3.91. The van der Waals surface area contributed by atoms with E-state index in [0.29, 0.717) is 17.8 Å². The predicted molar refractivity (Wildman–Crippen MR) is 105 cm³/mol. The highest BCUT2D eigenvalue weighted by Crippen LogP contribution is 2.23. The fraction of sp³-hybridized carbons (Fsp3) is 0.250. The Balaban J connectivity index is 1.63. The number of aryl methyl sites for hydroxylation is 1. The van der Waals surface area contributed by atoms with Gasteiger partial charge < -0.3 is 15.5 Å². The van der Waals surface area contributed by atoms with E-state index in [0.717, 1.165) is 37.3 Å². The SMILES string of the molecule is Cc1ccc(Nc2nc(Nc3ccc(F)cc3)nc(N3CCCC3)n2)cc1. The Labute approximate surface area is 157 Å². The second-order valence-electron chi connectivity index (χ2n) is 6.60. The van der Waals surface area contributed by atoms with Crippen LogP contribution in [0.1, 0.15) is 18.4 Å². The van der Waals surface area contributed by atoms with E-state index in [-0.39, 0.29) is 5.82 Å². The van der Waals surface area contributed by atoms with Gasteiger partial charge in [-0.2, -0.15) is 15.0 Å². The van der Waals surface area contributed by atoms with Crippen LogP contribution in [-0.2, 0) is 0 Å². The number of benzene rings is 2. The quantitative estimate of drug-likeness (QED) is 0.699. The van der Waals surface area contributed by atoms with Gasteiger partial charge in [-0.15, -0.1) is 0 Å². The van der Waals surface area contributed by atoms with Crippen LogP contribution in [0.4, 0.5) is 33.6 Å². The Morgan fingerprint density at radius 2 is 1.30 bits per heavy atom. The van der Waals surface area contributed by atoms with Crippen LogP contribution in [0.3, 0.4) is 0 Å². The number of halogens is 1. The summed E-state index contributed by atoms with van der Waals surface area (Å²) in [5, 5.41) is 6.38. The fourth-order valence-electron chi connectivity index (χ4n) is 2.96. The van der Waals surface area contributed by atoms with E-state index in [4.69, 9.17) is 0 Å². The van der Waals surface area contributed by atoms with Crippen molar-refractivity contribution in [2.45, 2.75) is 19.8 Å². The number of anilines is 5. The molecule has 2 N–H and O–H groups in total. The first kappa shape index (κ1) is 17.2. The van der Waals surface area contributed by atoms with Crippen molar-refractivity contribution in [2.75, 3.05) is 28.6 Å². The lowest BCUT2D eigenvalue weighted by Crippen LogP contribution is -2.21. The lowest BCUT2D eigenvalue weighted by Gasteiger charge is -2.17. The van der Waals surface area contributed by atoms with E-state index < -0.39 is 0 Å². The van der Waals surface area contributed by atoms with Gasteiger partial charge in [0.2, 0.25) is 17.8 Å². The van der Waals surface area contributed by atoms with Crippen LogP contribution in [0.2, 0.25) is 0 Å². The molecule has 1 aliphatic heterocycles. The van der Waals surface area contributed by atoms with Gasteiger partial charge in [0.15, 0.2) is 0 Å². The summed E-state index contributed by atoms with van der Waals surface area (Å²) >= 11 is 0. The molecule has 7 heteroatoms. The molecule has 2 aromatic carbocycles. The zero-order chi connectivity index (χ0) is 18.6. The standard InChI is InChI=1S/C20H21FN6/c1-14-4-8-16(9-5-14)22-18-24-19(23-17-10-6-15(21)7-11-17)26-20(25-18)27-12-2-3-13-27/h4-11H,2-3,12-13H2,1H3,(H2,22,23,24,25,26). The average molecular weight is 364 g/mol. The van der Waals surface area contributed by atoms with Gasteiger partial charge in [-0.05, 0) is 56.2 Å². The molecular weight excluding hydrogens is 343 g/mol.